The highest BCUT2D eigenvalue weighted by Crippen LogP contribution is 2.47. The predicted molar refractivity (Wildman–Crippen MR) is 162 cm³/mol. The first-order valence-electron chi connectivity index (χ1n) is 14.8. The van der Waals surface area contributed by atoms with Crippen molar-refractivity contribution in [3.63, 3.8) is 0 Å². The molecule has 4 aromatic rings. The lowest BCUT2D eigenvalue weighted by atomic mass is 9.72. The predicted octanol–water partition coefficient (Wildman–Crippen LogP) is 3.78. The van der Waals surface area contributed by atoms with E-state index < -0.39 is 11.5 Å². The van der Waals surface area contributed by atoms with E-state index in [1.54, 1.807) is 4.90 Å². The van der Waals surface area contributed by atoms with Crippen molar-refractivity contribution in [2.24, 2.45) is 5.41 Å². The fourth-order valence-corrected chi connectivity index (χ4v) is 7.55. The molecule has 226 valence electrons. The number of likely N-dealkylation sites (tertiary alicyclic amines) is 1. The molecule has 1 atom stereocenters. The van der Waals surface area contributed by atoms with Crippen LogP contribution in [0.4, 0.5) is 21.0 Å². The van der Waals surface area contributed by atoms with Gasteiger partial charge in [0.1, 0.15) is 22.5 Å². The summed E-state index contributed by atoms with van der Waals surface area (Å²) in [6.45, 7) is 4.69. The zero-order chi connectivity index (χ0) is 30.4. The summed E-state index contributed by atoms with van der Waals surface area (Å²) in [6.07, 6.45) is 2.27. The maximum atomic E-state index is 15.5. The second kappa shape index (κ2) is 9.69. The lowest BCUT2D eigenvalue weighted by molar-refractivity contribution is -0.165. The Morgan fingerprint density at radius 1 is 1.20 bits per heavy atom. The second-order valence-corrected chi connectivity index (χ2v) is 13.7. The first kappa shape index (κ1) is 27.4. The zero-order valence-corrected chi connectivity index (χ0v) is 25.3. The van der Waals surface area contributed by atoms with E-state index in [0.29, 0.717) is 66.2 Å². The minimum absolute atomic E-state index is 0.0375. The highest BCUT2D eigenvalue weighted by Gasteiger charge is 2.57. The van der Waals surface area contributed by atoms with Gasteiger partial charge in [0.25, 0.3) is 5.91 Å². The summed E-state index contributed by atoms with van der Waals surface area (Å²) in [7, 11) is 1.90. The van der Waals surface area contributed by atoms with Gasteiger partial charge in [-0.1, -0.05) is 41.2 Å². The quantitative estimate of drug-likeness (QED) is 0.323. The van der Waals surface area contributed by atoms with Crippen LogP contribution in [0.5, 0.6) is 0 Å². The molecule has 1 amide bonds. The number of hydrogen-bond acceptors (Lipinski definition) is 10. The monoisotopic (exact) mass is 614 g/mol. The molecule has 4 aliphatic rings. The first-order valence-corrected chi connectivity index (χ1v) is 15.6. The Kier molecular flexibility index (Phi) is 6.04. The van der Waals surface area contributed by atoms with Crippen LogP contribution in [0, 0.1) is 29.6 Å². The van der Waals surface area contributed by atoms with Gasteiger partial charge in [-0.15, -0.1) is 0 Å². The number of carbonyl (C=O) groups is 1. The number of carbonyl (C=O) groups excluding carboxylic acids is 1. The van der Waals surface area contributed by atoms with Gasteiger partial charge < -0.3 is 24.5 Å². The van der Waals surface area contributed by atoms with Crippen LogP contribution in [-0.2, 0) is 9.53 Å². The third-order valence-corrected chi connectivity index (χ3v) is 10.3. The summed E-state index contributed by atoms with van der Waals surface area (Å²) >= 11 is 1.31. The molecular formula is C31H31FN8O3S. The van der Waals surface area contributed by atoms with Gasteiger partial charge in [-0.25, -0.2) is 9.67 Å². The molecular weight excluding hydrogens is 583 g/mol. The van der Waals surface area contributed by atoms with Crippen molar-refractivity contribution in [2.45, 2.75) is 37.8 Å². The van der Waals surface area contributed by atoms with Crippen LogP contribution in [0.2, 0.25) is 0 Å². The number of fused-ring (bicyclic) bond motifs is 1. The van der Waals surface area contributed by atoms with Gasteiger partial charge in [-0.2, -0.15) is 19.7 Å². The molecule has 44 heavy (non-hydrogen) atoms. The van der Waals surface area contributed by atoms with E-state index in [4.69, 9.17) is 14.8 Å². The second-order valence-electron chi connectivity index (χ2n) is 12.7. The van der Waals surface area contributed by atoms with E-state index in [-0.39, 0.29) is 24.0 Å². The number of aliphatic hydroxyl groups is 1. The van der Waals surface area contributed by atoms with Crippen molar-refractivity contribution < 1.29 is 19.0 Å². The van der Waals surface area contributed by atoms with Crippen LogP contribution in [0.25, 0.3) is 22.3 Å². The average molecular weight is 615 g/mol. The number of pyridine rings is 1. The Morgan fingerprint density at radius 3 is 2.61 bits per heavy atom. The third-order valence-electron chi connectivity index (χ3n) is 9.27. The van der Waals surface area contributed by atoms with E-state index in [0.717, 1.165) is 35.2 Å². The summed E-state index contributed by atoms with van der Waals surface area (Å²) < 4.78 is 22.6. The lowest BCUT2D eigenvalue weighted by Gasteiger charge is -2.61. The molecule has 0 radical (unpaired) electrons. The van der Waals surface area contributed by atoms with E-state index in [2.05, 4.69) is 11.1 Å². The maximum Gasteiger partial charge on any atom is 0.257 e. The van der Waals surface area contributed by atoms with Crippen molar-refractivity contribution >= 4 is 44.9 Å². The SMILES string of the molecule is Cc1ccc(-c2nc(N(C)c3c4cc(N5CC6(CN(C(=O)[C@@]7(O)CCOC7)C6)C5)c(F)nc4nn3C3CC3)sc2C#N)cc1. The topological polar surface area (TPSA) is 124 Å². The van der Waals surface area contributed by atoms with Gasteiger partial charge in [0, 0.05) is 50.6 Å². The first-order chi connectivity index (χ1) is 21.2. The molecule has 13 heteroatoms. The number of thiazole rings is 1. The molecule has 3 aromatic heterocycles. The molecule has 0 bridgehead atoms. The molecule has 3 aliphatic heterocycles. The van der Waals surface area contributed by atoms with Gasteiger partial charge in [0.15, 0.2) is 16.4 Å². The van der Waals surface area contributed by atoms with Crippen LogP contribution in [-0.4, -0.2) is 87.7 Å². The Labute approximate surface area is 257 Å². The van der Waals surface area contributed by atoms with Gasteiger partial charge in [-0.3, -0.25) is 4.79 Å². The zero-order valence-electron chi connectivity index (χ0n) is 24.5. The molecule has 1 saturated carbocycles. The average Bonchev–Trinajstić information content (AvgIpc) is 3.39. The number of nitriles is 1. The van der Waals surface area contributed by atoms with Crippen LogP contribution < -0.4 is 9.80 Å². The number of amides is 1. The van der Waals surface area contributed by atoms with Crippen molar-refractivity contribution in [3.8, 4) is 17.3 Å². The smallest absolute Gasteiger partial charge is 0.257 e. The highest BCUT2D eigenvalue weighted by molar-refractivity contribution is 7.16. The van der Waals surface area contributed by atoms with E-state index in [1.807, 2.05) is 58.8 Å². The van der Waals surface area contributed by atoms with Crippen molar-refractivity contribution in [2.75, 3.05) is 56.2 Å². The normalized spacial score (nSPS) is 22.2. The molecule has 3 saturated heterocycles. The summed E-state index contributed by atoms with van der Waals surface area (Å²) in [5, 5.41) is 26.6. The number of ether oxygens (including phenoxy) is 1. The Bertz CT molecular complexity index is 1840. The van der Waals surface area contributed by atoms with Gasteiger partial charge in [0.2, 0.25) is 5.95 Å². The van der Waals surface area contributed by atoms with Crippen molar-refractivity contribution in [1.29, 1.82) is 5.26 Å². The Balaban J connectivity index is 1.08. The fraction of sp³-hybridized carbons (Fsp3) is 0.452. The van der Waals surface area contributed by atoms with Crippen LogP contribution >= 0.6 is 11.3 Å². The minimum atomic E-state index is -1.43. The maximum absolute atomic E-state index is 15.5. The molecule has 1 aliphatic carbocycles. The van der Waals surface area contributed by atoms with Crippen LogP contribution in [0.3, 0.4) is 0 Å². The summed E-state index contributed by atoms with van der Waals surface area (Å²) in [6, 6.07) is 12.3. The molecule has 1 spiro atoms. The van der Waals surface area contributed by atoms with Crippen LogP contribution in [0.1, 0.15) is 35.7 Å². The molecule has 6 heterocycles. The molecule has 4 fully saturated rings. The molecule has 1 aromatic carbocycles. The Hall–Kier alpha value is -4.12. The van der Waals surface area contributed by atoms with E-state index in [9.17, 15) is 15.2 Å². The number of halogens is 1. The number of nitrogens with zero attached hydrogens (tertiary/aromatic N) is 8. The van der Waals surface area contributed by atoms with Gasteiger partial charge in [-0.05, 0) is 25.8 Å². The highest BCUT2D eigenvalue weighted by atomic mass is 32.1. The van der Waals surface area contributed by atoms with Crippen molar-refractivity contribution in [3.05, 3.63) is 46.7 Å². The number of hydrogen-bond donors (Lipinski definition) is 1. The van der Waals surface area contributed by atoms with Crippen LogP contribution in [0.15, 0.2) is 30.3 Å². The molecule has 11 nitrogen and oxygen atoms in total. The largest absolute Gasteiger partial charge is 0.378 e. The fourth-order valence-electron chi connectivity index (χ4n) is 6.70. The number of aromatic nitrogens is 4. The lowest BCUT2D eigenvalue weighted by Crippen LogP contribution is -2.75. The van der Waals surface area contributed by atoms with E-state index in [1.165, 1.54) is 11.3 Å². The summed E-state index contributed by atoms with van der Waals surface area (Å²) in [4.78, 5) is 28.1. The standard InChI is InChI=1S/C31H31FN8O3S/c1-18-3-5-19(6-4-18)24-23(12-33)44-29(34-24)37(2)27-21-11-22(25(32)35-26(21)36-40(27)20-7-8-20)38-13-30(14-38)15-39(16-30)28(41)31(42)9-10-43-17-31/h3-6,11,20,42H,7-10,13-17H2,1-2H3/t31-/m1/s1. The number of rotatable bonds is 6. The van der Waals surface area contributed by atoms with E-state index >= 15 is 4.39 Å². The number of benzene rings is 1. The summed E-state index contributed by atoms with van der Waals surface area (Å²) in [5.74, 6) is -0.0808. The van der Waals surface area contributed by atoms with Gasteiger partial charge >= 0.3 is 0 Å². The third kappa shape index (κ3) is 4.27. The minimum Gasteiger partial charge on any atom is -0.378 e. The van der Waals surface area contributed by atoms with Crippen molar-refractivity contribution in [1.82, 2.24) is 24.6 Å². The summed E-state index contributed by atoms with van der Waals surface area (Å²) in [5.41, 5.74) is 1.83. The molecule has 0 unspecified atom stereocenters. The molecule has 1 N–H and O–H groups in total. The number of aryl methyl sites for hydroxylation is 1. The van der Waals surface area contributed by atoms with Gasteiger partial charge in [0.05, 0.1) is 30.3 Å². The number of anilines is 3. The molecule has 8 rings (SSSR count). The Morgan fingerprint density at radius 2 is 1.95 bits per heavy atom.